The SMILES string of the molecule is Cc1ccn2c(C(CN)CC(C)(C)C)nnc2c1. The first-order valence-electron chi connectivity index (χ1n) is 6.42. The smallest absolute Gasteiger partial charge is 0.161 e. The molecule has 0 bridgehead atoms. The van der Waals surface area contributed by atoms with Crippen LogP contribution in [0.25, 0.3) is 5.65 Å². The number of nitrogens with two attached hydrogens (primary N) is 1. The van der Waals surface area contributed by atoms with Gasteiger partial charge >= 0.3 is 0 Å². The highest BCUT2D eigenvalue weighted by molar-refractivity contribution is 5.41. The van der Waals surface area contributed by atoms with Crippen LogP contribution in [0.1, 0.15) is 44.5 Å². The van der Waals surface area contributed by atoms with Crippen molar-refractivity contribution in [2.45, 2.75) is 40.0 Å². The summed E-state index contributed by atoms with van der Waals surface area (Å²) in [7, 11) is 0. The Hall–Kier alpha value is -1.42. The largest absolute Gasteiger partial charge is 0.330 e. The zero-order chi connectivity index (χ0) is 13.3. The first-order chi connectivity index (χ1) is 8.40. The Kier molecular flexibility index (Phi) is 3.39. The zero-order valence-corrected chi connectivity index (χ0v) is 11.6. The third-order valence-electron chi connectivity index (χ3n) is 3.10. The highest BCUT2D eigenvalue weighted by Gasteiger charge is 2.23. The molecule has 2 aromatic heterocycles. The van der Waals surface area contributed by atoms with E-state index < -0.39 is 0 Å². The van der Waals surface area contributed by atoms with Crippen LogP contribution in [0.15, 0.2) is 18.3 Å². The predicted molar refractivity (Wildman–Crippen MR) is 73.6 cm³/mol. The Balaban J connectivity index is 2.40. The van der Waals surface area contributed by atoms with Gasteiger partial charge in [-0.15, -0.1) is 10.2 Å². The molecule has 0 fully saturated rings. The van der Waals surface area contributed by atoms with Crippen LogP contribution in [0.5, 0.6) is 0 Å². The topological polar surface area (TPSA) is 56.2 Å². The molecular formula is C14H22N4. The normalized spacial score (nSPS) is 14.1. The van der Waals surface area contributed by atoms with Crippen LogP contribution in [0.2, 0.25) is 0 Å². The molecule has 18 heavy (non-hydrogen) atoms. The van der Waals surface area contributed by atoms with Crippen molar-refractivity contribution in [3.05, 3.63) is 29.7 Å². The van der Waals surface area contributed by atoms with Crippen LogP contribution in [0.3, 0.4) is 0 Å². The fourth-order valence-corrected chi connectivity index (χ4v) is 2.31. The molecule has 0 aliphatic rings. The Labute approximate surface area is 108 Å². The maximum Gasteiger partial charge on any atom is 0.161 e. The van der Waals surface area contributed by atoms with Crippen LogP contribution < -0.4 is 5.73 Å². The molecule has 0 aliphatic carbocycles. The number of aromatic nitrogens is 3. The van der Waals surface area contributed by atoms with Gasteiger partial charge in [-0.1, -0.05) is 20.8 Å². The standard InChI is InChI=1S/C14H22N4/c1-10-5-6-18-12(7-10)16-17-13(18)11(9-15)8-14(2,3)4/h5-7,11H,8-9,15H2,1-4H3. The van der Waals surface area contributed by atoms with Gasteiger partial charge in [-0.2, -0.15) is 0 Å². The van der Waals surface area contributed by atoms with E-state index in [0.29, 0.717) is 6.54 Å². The lowest BCUT2D eigenvalue weighted by Crippen LogP contribution is -2.21. The maximum atomic E-state index is 5.91. The van der Waals surface area contributed by atoms with E-state index in [1.54, 1.807) is 0 Å². The van der Waals surface area contributed by atoms with E-state index >= 15 is 0 Å². The number of pyridine rings is 1. The van der Waals surface area contributed by atoms with Gasteiger partial charge in [-0.3, -0.25) is 4.40 Å². The number of nitrogens with zero attached hydrogens (tertiary/aromatic N) is 3. The highest BCUT2D eigenvalue weighted by Crippen LogP contribution is 2.29. The number of hydrogen-bond acceptors (Lipinski definition) is 3. The summed E-state index contributed by atoms with van der Waals surface area (Å²) >= 11 is 0. The summed E-state index contributed by atoms with van der Waals surface area (Å²) in [6.45, 7) is 9.34. The Morgan fingerprint density at radius 3 is 2.67 bits per heavy atom. The molecule has 2 N–H and O–H groups in total. The molecule has 4 nitrogen and oxygen atoms in total. The van der Waals surface area contributed by atoms with Crippen LogP contribution >= 0.6 is 0 Å². The summed E-state index contributed by atoms with van der Waals surface area (Å²) in [6.07, 6.45) is 3.05. The highest BCUT2D eigenvalue weighted by atomic mass is 15.2. The molecule has 1 atom stereocenters. The molecule has 0 saturated carbocycles. The van der Waals surface area contributed by atoms with E-state index in [0.717, 1.165) is 17.9 Å². The van der Waals surface area contributed by atoms with Gasteiger partial charge in [0.25, 0.3) is 0 Å². The molecule has 4 heteroatoms. The summed E-state index contributed by atoms with van der Waals surface area (Å²) in [5.74, 6) is 1.23. The fraction of sp³-hybridized carbons (Fsp3) is 0.571. The molecule has 0 saturated heterocycles. The van der Waals surface area contributed by atoms with Crippen LogP contribution in [-0.4, -0.2) is 21.1 Å². The molecule has 0 radical (unpaired) electrons. The van der Waals surface area contributed by atoms with Crippen molar-refractivity contribution in [1.29, 1.82) is 0 Å². The molecular weight excluding hydrogens is 224 g/mol. The maximum absolute atomic E-state index is 5.91. The van der Waals surface area contributed by atoms with Crippen molar-refractivity contribution in [3.8, 4) is 0 Å². The van der Waals surface area contributed by atoms with Crippen molar-refractivity contribution < 1.29 is 0 Å². The summed E-state index contributed by atoms with van der Waals surface area (Å²) in [5, 5.41) is 8.56. The van der Waals surface area contributed by atoms with Gasteiger partial charge < -0.3 is 5.73 Å². The molecule has 2 heterocycles. The molecule has 98 valence electrons. The monoisotopic (exact) mass is 246 g/mol. The van der Waals surface area contributed by atoms with Crippen LogP contribution in [0.4, 0.5) is 0 Å². The van der Waals surface area contributed by atoms with Crippen molar-refractivity contribution >= 4 is 5.65 Å². The summed E-state index contributed by atoms with van der Waals surface area (Å²) in [4.78, 5) is 0. The van der Waals surface area contributed by atoms with E-state index in [1.807, 2.05) is 12.3 Å². The number of hydrogen-bond donors (Lipinski definition) is 1. The van der Waals surface area contributed by atoms with Gasteiger partial charge in [0, 0.05) is 18.7 Å². The minimum atomic E-state index is 0.237. The number of rotatable bonds is 3. The first kappa shape index (κ1) is 13.0. The van der Waals surface area contributed by atoms with Crippen molar-refractivity contribution in [2.24, 2.45) is 11.1 Å². The molecule has 0 spiro atoms. The van der Waals surface area contributed by atoms with E-state index in [2.05, 4.69) is 48.4 Å². The quantitative estimate of drug-likeness (QED) is 0.905. The summed E-state index contributed by atoms with van der Waals surface area (Å²) in [5.41, 5.74) is 8.24. The van der Waals surface area contributed by atoms with Gasteiger partial charge in [-0.05, 0) is 36.5 Å². The molecule has 0 aliphatic heterocycles. The second-order valence-electron chi connectivity index (χ2n) is 6.19. The van der Waals surface area contributed by atoms with Crippen LogP contribution in [0, 0.1) is 12.3 Å². The minimum absolute atomic E-state index is 0.237. The van der Waals surface area contributed by atoms with E-state index in [-0.39, 0.29) is 11.3 Å². The first-order valence-corrected chi connectivity index (χ1v) is 6.42. The minimum Gasteiger partial charge on any atom is -0.330 e. The lowest BCUT2D eigenvalue weighted by molar-refractivity contribution is 0.335. The van der Waals surface area contributed by atoms with Crippen molar-refractivity contribution in [2.75, 3.05) is 6.54 Å². The Morgan fingerprint density at radius 2 is 2.06 bits per heavy atom. The zero-order valence-electron chi connectivity index (χ0n) is 11.6. The third kappa shape index (κ3) is 2.70. The Morgan fingerprint density at radius 1 is 1.33 bits per heavy atom. The van der Waals surface area contributed by atoms with Crippen molar-refractivity contribution in [3.63, 3.8) is 0 Å². The average Bonchev–Trinajstić information content (AvgIpc) is 2.67. The average molecular weight is 246 g/mol. The van der Waals surface area contributed by atoms with E-state index in [1.165, 1.54) is 5.56 Å². The second kappa shape index (κ2) is 4.69. The molecule has 1 unspecified atom stereocenters. The molecule has 2 aromatic rings. The third-order valence-corrected chi connectivity index (χ3v) is 3.10. The number of fused-ring (bicyclic) bond motifs is 1. The molecule has 0 amide bonds. The van der Waals surface area contributed by atoms with Gasteiger partial charge in [-0.25, -0.2) is 0 Å². The fourth-order valence-electron chi connectivity index (χ4n) is 2.31. The molecule has 2 rings (SSSR count). The van der Waals surface area contributed by atoms with E-state index in [9.17, 15) is 0 Å². The number of aryl methyl sites for hydroxylation is 1. The van der Waals surface area contributed by atoms with Crippen molar-refractivity contribution in [1.82, 2.24) is 14.6 Å². The second-order valence-corrected chi connectivity index (χ2v) is 6.19. The van der Waals surface area contributed by atoms with Gasteiger partial charge in [0.1, 0.15) is 5.82 Å². The predicted octanol–water partition coefficient (Wildman–Crippen LogP) is 2.52. The van der Waals surface area contributed by atoms with E-state index in [4.69, 9.17) is 5.73 Å². The van der Waals surface area contributed by atoms with Crippen LogP contribution in [-0.2, 0) is 0 Å². The Bertz CT molecular complexity index is 536. The van der Waals surface area contributed by atoms with Gasteiger partial charge in [0.15, 0.2) is 5.65 Å². The summed E-state index contributed by atoms with van der Waals surface area (Å²) < 4.78 is 2.05. The van der Waals surface area contributed by atoms with Gasteiger partial charge in [0.2, 0.25) is 0 Å². The lowest BCUT2D eigenvalue weighted by atomic mass is 9.84. The lowest BCUT2D eigenvalue weighted by Gasteiger charge is -2.23. The summed E-state index contributed by atoms with van der Waals surface area (Å²) in [6, 6.07) is 4.12. The molecule has 0 aromatic carbocycles. The van der Waals surface area contributed by atoms with Gasteiger partial charge in [0.05, 0.1) is 0 Å².